The first-order valence-corrected chi connectivity index (χ1v) is 10.2. The Morgan fingerprint density at radius 1 is 0.938 bits per heavy atom. The Morgan fingerprint density at radius 3 is 1.97 bits per heavy atom. The number of primary amides is 1. The van der Waals surface area contributed by atoms with Crippen LogP contribution >= 0.6 is 0 Å². The number of alkyl halides is 6. The van der Waals surface area contributed by atoms with Crippen LogP contribution in [-0.2, 0) is 12.4 Å². The third-order valence-corrected chi connectivity index (χ3v) is 6.12. The Labute approximate surface area is 182 Å². The van der Waals surface area contributed by atoms with Crippen LogP contribution in [0.5, 0.6) is 0 Å². The number of hydrogen-bond acceptors (Lipinski definition) is 2. The highest BCUT2D eigenvalue weighted by atomic mass is 19.4. The van der Waals surface area contributed by atoms with Crippen LogP contribution in [0.3, 0.4) is 0 Å². The molecule has 1 heterocycles. The quantitative estimate of drug-likeness (QED) is 0.573. The van der Waals surface area contributed by atoms with E-state index in [0.717, 1.165) is 12.8 Å². The molecule has 3 rings (SSSR count). The average molecular weight is 458 g/mol. The van der Waals surface area contributed by atoms with Crippen LogP contribution in [0, 0.1) is 0 Å². The molecule has 9 heteroatoms. The summed E-state index contributed by atoms with van der Waals surface area (Å²) in [5, 5.41) is 0. The van der Waals surface area contributed by atoms with Crippen LogP contribution in [0.4, 0.5) is 26.3 Å². The van der Waals surface area contributed by atoms with Gasteiger partial charge in [-0.15, -0.1) is 0 Å². The normalized spacial score (nSPS) is 16.9. The van der Waals surface area contributed by atoms with Crippen molar-refractivity contribution in [2.24, 2.45) is 5.73 Å². The van der Waals surface area contributed by atoms with E-state index in [1.54, 1.807) is 44.2 Å². The summed E-state index contributed by atoms with van der Waals surface area (Å²) < 4.78 is 82.4. The smallest absolute Gasteiger partial charge is 0.366 e. The van der Waals surface area contributed by atoms with Gasteiger partial charge in [0, 0.05) is 11.5 Å². The highest BCUT2D eigenvalue weighted by Crippen LogP contribution is 2.46. The summed E-state index contributed by atoms with van der Waals surface area (Å²) >= 11 is 0. The SMILES string of the molecule is CC(C)(C(c1ccccc1)c1cc(C(F)(F)F)cc(C(F)(F)F)c1C(N)=O)N1CCCC1. The van der Waals surface area contributed by atoms with E-state index in [4.69, 9.17) is 5.73 Å². The molecule has 3 nitrogen and oxygen atoms in total. The lowest BCUT2D eigenvalue weighted by molar-refractivity contribution is -0.143. The van der Waals surface area contributed by atoms with Gasteiger partial charge in [0.15, 0.2) is 0 Å². The van der Waals surface area contributed by atoms with E-state index < -0.39 is 46.4 Å². The largest absolute Gasteiger partial charge is 0.417 e. The molecule has 1 unspecified atom stereocenters. The van der Waals surface area contributed by atoms with Gasteiger partial charge in [0.1, 0.15) is 0 Å². The van der Waals surface area contributed by atoms with E-state index in [1.165, 1.54) is 0 Å². The molecule has 1 amide bonds. The van der Waals surface area contributed by atoms with Gasteiger partial charge in [-0.25, -0.2) is 0 Å². The Hall–Kier alpha value is -2.55. The zero-order valence-corrected chi connectivity index (χ0v) is 17.6. The number of benzene rings is 2. The van der Waals surface area contributed by atoms with Gasteiger partial charge in [-0.3, -0.25) is 9.69 Å². The maximum absolute atomic E-state index is 13.8. The zero-order chi connectivity index (χ0) is 23.9. The lowest BCUT2D eigenvalue weighted by Crippen LogP contribution is -2.48. The predicted molar refractivity (Wildman–Crippen MR) is 108 cm³/mol. The van der Waals surface area contributed by atoms with E-state index in [-0.39, 0.29) is 11.6 Å². The van der Waals surface area contributed by atoms with Crippen LogP contribution in [0.25, 0.3) is 0 Å². The fourth-order valence-corrected chi connectivity index (χ4v) is 4.64. The highest BCUT2D eigenvalue weighted by Gasteiger charge is 2.45. The second-order valence-electron chi connectivity index (χ2n) is 8.54. The molecule has 0 aliphatic carbocycles. The van der Waals surface area contributed by atoms with Crippen molar-refractivity contribution in [1.29, 1.82) is 0 Å². The Morgan fingerprint density at radius 2 is 1.50 bits per heavy atom. The molecule has 0 radical (unpaired) electrons. The molecule has 1 aliphatic rings. The van der Waals surface area contributed by atoms with E-state index in [0.29, 0.717) is 24.7 Å². The molecule has 32 heavy (non-hydrogen) atoms. The van der Waals surface area contributed by atoms with Gasteiger partial charge >= 0.3 is 12.4 Å². The van der Waals surface area contributed by atoms with Gasteiger partial charge in [0.2, 0.25) is 5.91 Å². The molecular weight excluding hydrogens is 434 g/mol. The summed E-state index contributed by atoms with van der Waals surface area (Å²) in [5.74, 6) is -2.38. The minimum atomic E-state index is -5.20. The van der Waals surface area contributed by atoms with Crippen molar-refractivity contribution in [2.45, 2.75) is 50.5 Å². The minimum absolute atomic E-state index is 0.0332. The standard InChI is InChI=1S/C23H24F6N2O/c1-21(2,31-10-6-7-11-31)19(14-8-4-3-5-9-14)16-12-15(22(24,25)26)13-17(23(27,28)29)18(16)20(30)32/h3-5,8-9,12-13,19H,6-7,10-11H2,1-2H3,(H2,30,32). The molecule has 2 aromatic rings. The predicted octanol–water partition coefficient (Wildman–Crippen LogP) is 5.83. The second-order valence-corrected chi connectivity index (χ2v) is 8.54. The van der Waals surface area contributed by atoms with Gasteiger partial charge in [-0.2, -0.15) is 26.3 Å². The lowest BCUT2D eigenvalue weighted by Gasteiger charge is -2.43. The van der Waals surface area contributed by atoms with Crippen LogP contribution < -0.4 is 5.73 Å². The van der Waals surface area contributed by atoms with Crippen LogP contribution in [0.15, 0.2) is 42.5 Å². The number of carbonyl (C=O) groups is 1. The molecule has 0 bridgehead atoms. The maximum atomic E-state index is 13.8. The number of amides is 1. The number of carbonyl (C=O) groups excluding carboxylic acids is 1. The number of hydrogen-bond donors (Lipinski definition) is 1. The van der Waals surface area contributed by atoms with Gasteiger partial charge in [0.05, 0.1) is 16.7 Å². The van der Waals surface area contributed by atoms with Crippen molar-refractivity contribution in [2.75, 3.05) is 13.1 Å². The average Bonchev–Trinajstić information content (AvgIpc) is 3.22. The molecule has 1 fully saturated rings. The van der Waals surface area contributed by atoms with E-state index in [9.17, 15) is 31.1 Å². The number of halogens is 6. The fraction of sp³-hybridized carbons (Fsp3) is 0.435. The summed E-state index contributed by atoms with van der Waals surface area (Å²) in [4.78, 5) is 14.3. The monoisotopic (exact) mass is 458 g/mol. The number of rotatable bonds is 5. The van der Waals surface area contributed by atoms with Crippen LogP contribution in [-0.4, -0.2) is 29.4 Å². The molecule has 2 N–H and O–H groups in total. The lowest BCUT2D eigenvalue weighted by atomic mass is 9.73. The first-order valence-electron chi connectivity index (χ1n) is 10.2. The molecule has 1 atom stereocenters. The molecule has 0 spiro atoms. The minimum Gasteiger partial charge on any atom is -0.366 e. The third-order valence-electron chi connectivity index (χ3n) is 6.12. The van der Waals surface area contributed by atoms with Gasteiger partial charge in [-0.05, 0) is 63.0 Å². The topological polar surface area (TPSA) is 46.3 Å². The summed E-state index contributed by atoms with van der Waals surface area (Å²) in [5.41, 5.74) is 0.516. The van der Waals surface area contributed by atoms with Gasteiger partial charge in [-0.1, -0.05) is 30.3 Å². The Kier molecular flexibility index (Phi) is 6.34. The van der Waals surface area contributed by atoms with Gasteiger partial charge in [0.25, 0.3) is 0 Å². The molecular formula is C23H24F6N2O. The molecule has 0 aromatic heterocycles. The molecule has 174 valence electrons. The summed E-state index contributed by atoms with van der Waals surface area (Å²) in [6.07, 6.45) is -8.50. The third kappa shape index (κ3) is 4.62. The van der Waals surface area contributed by atoms with Crippen molar-refractivity contribution in [3.63, 3.8) is 0 Å². The maximum Gasteiger partial charge on any atom is 0.417 e. The Bertz CT molecular complexity index is 976. The summed E-state index contributed by atoms with van der Waals surface area (Å²) in [6, 6.07) is 8.90. The van der Waals surface area contributed by atoms with Crippen molar-refractivity contribution < 1.29 is 31.1 Å². The molecule has 1 aliphatic heterocycles. The van der Waals surface area contributed by atoms with Crippen molar-refractivity contribution in [3.05, 3.63) is 70.3 Å². The molecule has 1 saturated heterocycles. The first kappa shape index (κ1) is 24.1. The fourth-order valence-electron chi connectivity index (χ4n) is 4.64. The highest BCUT2D eigenvalue weighted by molar-refractivity contribution is 5.96. The summed E-state index contributed by atoms with van der Waals surface area (Å²) in [6.45, 7) is 4.84. The van der Waals surface area contributed by atoms with E-state index in [2.05, 4.69) is 0 Å². The van der Waals surface area contributed by atoms with Crippen LogP contribution in [0.2, 0.25) is 0 Å². The summed E-state index contributed by atoms with van der Waals surface area (Å²) in [7, 11) is 0. The van der Waals surface area contributed by atoms with Crippen molar-refractivity contribution in [1.82, 2.24) is 4.90 Å². The van der Waals surface area contributed by atoms with Crippen molar-refractivity contribution in [3.8, 4) is 0 Å². The Balaban J connectivity index is 2.40. The molecule has 2 aromatic carbocycles. The zero-order valence-electron chi connectivity index (χ0n) is 17.6. The molecule has 0 saturated carbocycles. The van der Waals surface area contributed by atoms with E-state index in [1.807, 2.05) is 4.90 Å². The van der Waals surface area contributed by atoms with Crippen LogP contribution in [0.1, 0.15) is 65.2 Å². The number of nitrogens with zero attached hydrogens (tertiary/aromatic N) is 1. The van der Waals surface area contributed by atoms with Gasteiger partial charge < -0.3 is 5.73 Å². The first-order chi connectivity index (χ1) is 14.7. The number of nitrogens with two attached hydrogens (primary N) is 1. The number of likely N-dealkylation sites (tertiary alicyclic amines) is 1. The second kappa shape index (κ2) is 8.42. The van der Waals surface area contributed by atoms with Crippen molar-refractivity contribution >= 4 is 5.91 Å². The van der Waals surface area contributed by atoms with E-state index >= 15 is 0 Å².